The third kappa shape index (κ3) is 5.20. The Morgan fingerprint density at radius 1 is 1.10 bits per heavy atom. The van der Waals surface area contributed by atoms with Crippen molar-refractivity contribution in [3.05, 3.63) is 35.9 Å². The van der Waals surface area contributed by atoms with Gasteiger partial charge in [-0.1, -0.05) is 37.3 Å². The number of ether oxygens (including phenoxy) is 2. The normalized spacial score (nSPS) is 15.2. The van der Waals surface area contributed by atoms with Gasteiger partial charge in [0.1, 0.15) is 0 Å². The lowest BCUT2D eigenvalue weighted by Gasteiger charge is -2.23. The minimum atomic E-state index is -3.40. The first kappa shape index (κ1) is 17.1. The van der Waals surface area contributed by atoms with E-state index in [1.165, 1.54) is 14.2 Å². The van der Waals surface area contributed by atoms with Crippen LogP contribution in [0.3, 0.4) is 0 Å². The fourth-order valence-corrected chi connectivity index (χ4v) is 3.72. The van der Waals surface area contributed by atoms with E-state index in [2.05, 4.69) is 4.72 Å². The molecule has 0 fully saturated rings. The van der Waals surface area contributed by atoms with Gasteiger partial charge in [-0.15, -0.1) is 0 Å². The summed E-state index contributed by atoms with van der Waals surface area (Å²) in [5, 5.41) is 0. The summed E-state index contributed by atoms with van der Waals surface area (Å²) in [4.78, 5) is 0. The van der Waals surface area contributed by atoms with Gasteiger partial charge in [0.15, 0.2) is 6.29 Å². The van der Waals surface area contributed by atoms with E-state index in [-0.39, 0.29) is 11.7 Å². The molecule has 1 aromatic carbocycles. The van der Waals surface area contributed by atoms with Gasteiger partial charge >= 0.3 is 0 Å². The lowest BCUT2D eigenvalue weighted by molar-refractivity contribution is -0.115. The molecule has 6 heteroatoms. The van der Waals surface area contributed by atoms with Crippen LogP contribution in [0.4, 0.5) is 0 Å². The van der Waals surface area contributed by atoms with E-state index in [9.17, 15) is 8.42 Å². The molecule has 0 heterocycles. The molecule has 0 saturated heterocycles. The van der Waals surface area contributed by atoms with E-state index in [0.717, 1.165) is 5.56 Å². The molecule has 0 aliphatic carbocycles. The zero-order chi connectivity index (χ0) is 15.2. The number of nitrogens with one attached hydrogen (secondary N) is 1. The molecule has 0 spiro atoms. The van der Waals surface area contributed by atoms with Gasteiger partial charge < -0.3 is 9.47 Å². The third-order valence-electron chi connectivity index (χ3n) is 3.08. The van der Waals surface area contributed by atoms with Crippen molar-refractivity contribution in [1.82, 2.24) is 4.72 Å². The zero-order valence-electron chi connectivity index (χ0n) is 12.4. The summed E-state index contributed by atoms with van der Waals surface area (Å²) in [7, 11) is -0.448. The Hall–Kier alpha value is -0.950. The van der Waals surface area contributed by atoms with E-state index < -0.39 is 22.4 Å². The molecule has 0 saturated carbocycles. The molecule has 2 atom stereocenters. The summed E-state index contributed by atoms with van der Waals surface area (Å²) in [6, 6.07) is 9.12. The predicted molar refractivity (Wildman–Crippen MR) is 79.0 cm³/mol. The van der Waals surface area contributed by atoms with Gasteiger partial charge in [-0.3, -0.25) is 0 Å². The number of benzene rings is 1. The number of sulfonamides is 1. The molecule has 0 bridgehead atoms. The van der Waals surface area contributed by atoms with Crippen molar-refractivity contribution in [2.24, 2.45) is 0 Å². The minimum Gasteiger partial charge on any atom is -0.354 e. The molecule has 0 aliphatic rings. The molecule has 2 unspecified atom stereocenters. The number of hydrogen-bond acceptors (Lipinski definition) is 4. The van der Waals surface area contributed by atoms with Crippen LogP contribution in [0.1, 0.15) is 25.3 Å². The van der Waals surface area contributed by atoms with Gasteiger partial charge in [0.05, 0.1) is 11.8 Å². The molecule has 0 aliphatic heterocycles. The average Bonchev–Trinajstić information content (AvgIpc) is 2.39. The third-order valence-corrected chi connectivity index (χ3v) is 4.75. The van der Waals surface area contributed by atoms with E-state index in [1.807, 2.05) is 37.3 Å². The summed E-state index contributed by atoms with van der Waals surface area (Å²) in [5.41, 5.74) is 1.00. The minimum absolute atomic E-state index is 0.0293. The van der Waals surface area contributed by atoms with Gasteiger partial charge in [-0.05, 0) is 18.4 Å². The Bertz CT molecular complexity index is 485. The van der Waals surface area contributed by atoms with Crippen LogP contribution >= 0.6 is 0 Å². The van der Waals surface area contributed by atoms with Gasteiger partial charge in [0.2, 0.25) is 10.0 Å². The molecule has 1 N–H and O–H groups in total. The van der Waals surface area contributed by atoms with E-state index in [1.54, 1.807) is 6.92 Å². The molecule has 0 aromatic heterocycles. The molecule has 114 valence electrons. The Morgan fingerprint density at radius 2 is 1.65 bits per heavy atom. The molecular weight excluding hydrogens is 278 g/mol. The van der Waals surface area contributed by atoms with Crippen LogP contribution in [0.15, 0.2) is 30.3 Å². The average molecular weight is 301 g/mol. The van der Waals surface area contributed by atoms with Crippen LogP contribution in [-0.4, -0.2) is 40.7 Å². The van der Waals surface area contributed by atoms with E-state index in [4.69, 9.17) is 9.47 Å². The van der Waals surface area contributed by atoms with Crippen molar-refractivity contribution in [2.45, 2.75) is 32.1 Å². The molecule has 0 amide bonds. The first-order valence-electron chi connectivity index (χ1n) is 6.50. The summed E-state index contributed by atoms with van der Waals surface area (Å²) >= 11 is 0. The second kappa shape index (κ2) is 7.73. The van der Waals surface area contributed by atoms with E-state index >= 15 is 0 Å². The molecule has 5 nitrogen and oxygen atoms in total. The largest absolute Gasteiger partial charge is 0.354 e. The SMILES string of the molecule is COC(OC)C(C)NS(=O)(=O)CC(C)c1ccccc1. The molecular formula is C14H23NO4S. The molecule has 1 rings (SSSR count). The number of hydrogen-bond donors (Lipinski definition) is 1. The van der Waals surface area contributed by atoms with Crippen LogP contribution in [0.25, 0.3) is 0 Å². The van der Waals surface area contributed by atoms with Crippen LogP contribution < -0.4 is 4.72 Å². The first-order valence-corrected chi connectivity index (χ1v) is 8.15. The lowest BCUT2D eigenvalue weighted by atomic mass is 10.0. The van der Waals surface area contributed by atoms with Gasteiger partial charge in [-0.2, -0.15) is 0 Å². The maximum Gasteiger partial charge on any atom is 0.212 e. The molecule has 0 radical (unpaired) electrons. The van der Waals surface area contributed by atoms with Crippen molar-refractivity contribution < 1.29 is 17.9 Å². The molecule has 1 aromatic rings. The van der Waals surface area contributed by atoms with Crippen molar-refractivity contribution >= 4 is 10.0 Å². The highest BCUT2D eigenvalue weighted by Crippen LogP contribution is 2.16. The predicted octanol–water partition coefficient (Wildman–Crippen LogP) is 1.72. The van der Waals surface area contributed by atoms with Crippen molar-refractivity contribution in [3.8, 4) is 0 Å². The maximum absolute atomic E-state index is 12.1. The standard InChI is InChI=1S/C14H23NO4S/c1-11(13-8-6-5-7-9-13)10-20(16,17)15-12(2)14(18-3)19-4/h5-9,11-12,14-15H,10H2,1-4H3. The smallest absolute Gasteiger partial charge is 0.212 e. The quantitative estimate of drug-likeness (QED) is 0.743. The molecule has 20 heavy (non-hydrogen) atoms. The summed E-state index contributed by atoms with van der Waals surface area (Å²) in [5.74, 6) is -0.0500. The number of rotatable bonds is 8. The zero-order valence-corrected chi connectivity index (χ0v) is 13.2. The topological polar surface area (TPSA) is 64.6 Å². The van der Waals surface area contributed by atoms with Crippen molar-refractivity contribution in [3.63, 3.8) is 0 Å². The van der Waals surface area contributed by atoms with E-state index in [0.29, 0.717) is 0 Å². The Labute approximate surface area is 121 Å². The van der Waals surface area contributed by atoms with Crippen LogP contribution in [0, 0.1) is 0 Å². The van der Waals surface area contributed by atoms with Crippen molar-refractivity contribution in [1.29, 1.82) is 0 Å². The lowest BCUT2D eigenvalue weighted by Crippen LogP contribution is -2.44. The summed E-state index contributed by atoms with van der Waals surface area (Å²) in [6.07, 6.45) is -0.600. The van der Waals surface area contributed by atoms with Gasteiger partial charge in [-0.25, -0.2) is 13.1 Å². The van der Waals surface area contributed by atoms with Crippen LogP contribution in [0.2, 0.25) is 0 Å². The Balaban J connectivity index is 2.66. The van der Waals surface area contributed by atoms with Gasteiger partial charge in [0, 0.05) is 14.2 Å². The van der Waals surface area contributed by atoms with Crippen molar-refractivity contribution in [2.75, 3.05) is 20.0 Å². The second-order valence-electron chi connectivity index (χ2n) is 4.84. The highest BCUT2D eigenvalue weighted by molar-refractivity contribution is 7.89. The highest BCUT2D eigenvalue weighted by atomic mass is 32.2. The fourth-order valence-electron chi connectivity index (χ4n) is 2.10. The second-order valence-corrected chi connectivity index (χ2v) is 6.64. The summed E-state index contributed by atoms with van der Waals surface area (Å²) in [6.45, 7) is 3.60. The summed E-state index contributed by atoms with van der Waals surface area (Å²) < 4.78 is 37.0. The van der Waals surface area contributed by atoms with Gasteiger partial charge in [0.25, 0.3) is 0 Å². The fraction of sp³-hybridized carbons (Fsp3) is 0.571. The maximum atomic E-state index is 12.1. The highest BCUT2D eigenvalue weighted by Gasteiger charge is 2.24. The number of methoxy groups -OCH3 is 2. The van der Waals surface area contributed by atoms with Crippen LogP contribution in [0.5, 0.6) is 0 Å². The van der Waals surface area contributed by atoms with Crippen LogP contribution in [-0.2, 0) is 19.5 Å². The first-order chi connectivity index (χ1) is 9.39. The monoisotopic (exact) mass is 301 g/mol. The Kier molecular flexibility index (Phi) is 6.61. The Morgan fingerprint density at radius 3 is 2.15 bits per heavy atom.